The second kappa shape index (κ2) is 9.86. The minimum absolute atomic E-state index is 0.0626. The zero-order valence-electron chi connectivity index (χ0n) is 18.7. The van der Waals surface area contributed by atoms with Crippen LogP contribution in [-0.4, -0.2) is 59.7 Å². The molecule has 2 amide bonds. The first kappa shape index (κ1) is 22.5. The number of nitrogens with one attached hydrogen (secondary N) is 1. The zero-order valence-corrected chi connectivity index (χ0v) is 18.7. The van der Waals surface area contributed by atoms with Crippen LogP contribution in [0.5, 0.6) is 0 Å². The standard InChI is InChI=1S/C23H27N7O3/c1-3-5-21(32)29-9-8-16-11-24-19(10-17(16)12-29)23(33)27-20-7-4-6-18(26-20)22-28-25-14-30(22)15(2)13-31/h4,6-7,10-11,14-15,31H,3,5,8-9,12-13H2,1-2H3,(H,26,27,33)/t15-/m1/s1. The third-order valence-corrected chi connectivity index (χ3v) is 5.68. The molecule has 3 aromatic rings. The van der Waals surface area contributed by atoms with Crippen molar-refractivity contribution in [3.63, 3.8) is 0 Å². The summed E-state index contributed by atoms with van der Waals surface area (Å²) in [6.07, 6.45) is 5.33. The molecule has 0 spiro atoms. The fraction of sp³-hybridized carbons (Fsp3) is 0.391. The highest BCUT2D eigenvalue weighted by molar-refractivity contribution is 6.02. The van der Waals surface area contributed by atoms with Gasteiger partial charge in [0.25, 0.3) is 5.91 Å². The molecule has 0 unspecified atom stereocenters. The summed E-state index contributed by atoms with van der Waals surface area (Å²) in [4.78, 5) is 35.8. The van der Waals surface area contributed by atoms with Crippen LogP contribution in [-0.2, 0) is 17.8 Å². The molecule has 1 aliphatic heterocycles. The smallest absolute Gasteiger partial charge is 0.275 e. The van der Waals surface area contributed by atoms with Crippen LogP contribution >= 0.6 is 0 Å². The van der Waals surface area contributed by atoms with E-state index in [0.717, 1.165) is 24.0 Å². The van der Waals surface area contributed by atoms with Crippen molar-refractivity contribution in [3.05, 3.63) is 53.6 Å². The van der Waals surface area contributed by atoms with E-state index in [1.54, 1.807) is 35.0 Å². The van der Waals surface area contributed by atoms with E-state index in [1.165, 1.54) is 6.33 Å². The van der Waals surface area contributed by atoms with Gasteiger partial charge in [-0.3, -0.25) is 14.6 Å². The van der Waals surface area contributed by atoms with E-state index in [9.17, 15) is 14.7 Å². The van der Waals surface area contributed by atoms with Gasteiger partial charge >= 0.3 is 0 Å². The molecule has 4 rings (SSSR count). The molecule has 172 valence electrons. The summed E-state index contributed by atoms with van der Waals surface area (Å²) in [6.45, 7) is 4.94. The molecule has 0 aromatic carbocycles. The number of carbonyl (C=O) groups excluding carboxylic acids is 2. The molecule has 0 fully saturated rings. The van der Waals surface area contributed by atoms with Gasteiger partial charge in [-0.25, -0.2) is 4.98 Å². The Morgan fingerprint density at radius 2 is 2.12 bits per heavy atom. The molecule has 10 nitrogen and oxygen atoms in total. The van der Waals surface area contributed by atoms with Crippen molar-refractivity contribution in [2.45, 2.75) is 45.7 Å². The molecule has 1 atom stereocenters. The normalized spacial score (nSPS) is 14.0. The number of aromatic nitrogens is 5. The molecular weight excluding hydrogens is 422 g/mol. The van der Waals surface area contributed by atoms with Gasteiger partial charge in [-0.05, 0) is 49.1 Å². The van der Waals surface area contributed by atoms with Gasteiger partial charge in [0, 0.05) is 25.7 Å². The van der Waals surface area contributed by atoms with E-state index in [0.29, 0.717) is 36.8 Å². The van der Waals surface area contributed by atoms with Crippen molar-refractivity contribution in [2.24, 2.45) is 0 Å². The number of nitrogens with zero attached hydrogens (tertiary/aromatic N) is 6. The van der Waals surface area contributed by atoms with Crippen molar-refractivity contribution in [1.82, 2.24) is 29.6 Å². The van der Waals surface area contributed by atoms with Gasteiger partial charge in [0.15, 0.2) is 5.82 Å². The molecule has 33 heavy (non-hydrogen) atoms. The van der Waals surface area contributed by atoms with Crippen molar-refractivity contribution >= 4 is 17.6 Å². The van der Waals surface area contributed by atoms with Crippen molar-refractivity contribution in [2.75, 3.05) is 18.5 Å². The molecule has 1 aliphatic rings. The average Bonchev–Trinajstić information content (AvgIpc) is 3.33. The van der Waals surface area contributed by atoms with Gasteiger partial charge in [0.2, 0.25) is 5.91 Å². The van der Waals surface area contributed by atoms with Crippen LogP contribution in [0.25, 0.3) is 11.5 Å². The first-order valence-electron chi connectivity index (χ1n) is 11.0. The lowest BCUT2D eigenvalue weighted by molar-refractivity contribution is -0.132. The molecule has 0 saturated heterocycles. The maximum atomic E-state index is 12.9. The maximum absolute atomic E-state index is 12.9. The Bertz CT molecular complexity index is 1160. The molecule has 2 N–H and O–H groups in total. The highest BCUT2D eigenvalue weighted by atomic mass is 16.3. The summed E-state index contributed by atoms with van der Waals surface area (Å²) in [6, 6.07) is 6.75. The monoisotopic (exact) mass is 449 g/mol. The predicted molar refractivity (Wildman–Crippen MR) is 121 cm³/mol. The molecule has 0 saturated carbocycles. The first-order chi connectivity index (χ1) is 16.0. The number of anilines is 1. The average molecular weight is 450 g/mol. The number of carbonyl (C=O) groups is 2. The summed E-state index contributed by atoms with van der Waals surface area (Å²) in [5.74, 6) is 0.597. The fourth-order valence-corrected chi connectivity index (χ4v) is 3.79. The van der Waals surface area contributed by atoms with E-state index >= 15 is 0 Å². The van der Waals surface area contributed by atoms with E-state index in [-0.39, 0.29) is 30.2 Å². The number of hydrogen-bond donors (Lipinski definition) is 2. The fourth-order valence-electron chi connectivity index (χ4n) is 3.79. The van der Waals surface area contributed by atoms with Crippen LogP contribution in [0, 0.1) is 0 Å². The van der Waals surface area contributed by atoms with Crippen LogP contribution in [0.1, 0.15) is 54.3 Å². The van der Waals surface area contributed by atoms with Gasteiger partial charge in [0.05, 0.1) is 12.6 Å². The number of fused-ring (bicyclic) bond motifs is 1. The third-order valence-electron chi connectivity index (χ3n) is 5.68. The quantitative estimate of drug-likeness (QED) is 0.566. The Morgan fingerprint density at radius 1 is 1.27 bits per heavy atom. The van der Waals surface area contributed by atoms with Crippen LogP contribution < -0.4 is 5.32 Å². The van der Waals surface area contributed by atoms with Crippen LogP contribution in [0.2, 0.25) is 0 Å². The zero-order chi connectivity index (χ0) is 23.4. The maximum Gasteiger partial charge on any atom is 0.275 e. The molecule has 0 aliphatic carbocycles. The lowest BCUT2D eigenvalue weighted by atomic mass is 10.0. The van der Waals surface area contributed by atoms with E-state index in [1.807, 2.05) is 18.7 Å². The molecule has 10 heteroatoms. The van der Waals surface area contributed by atoms with E-state index in [2.05, 4.69) is 25.5 Å². The van der Waals surface area contributed by atoms with Crippen LogP contribution in [0.3, 0.4) is 0 Å². The highest BCUT2D eigenvalue weighted by Gasteiger charge is 2.22. The highest BCUT2D eigenvalue weighted by Crippen LogP contribution is 2.22. The molecule has 4 heterocycles. The Balaban J connectivity index is 1.51. The second-order valence-electron chi connectivity index (χ2n) is 8.11. The SMILES string of the molecule is CCCC(=O)N1CCc2cnc(C(=O)Nc3cccc(-c4nncn4[C@H](C)CO)n3)cc2C1. The summed E-state index contributed by atoms with van der Waals surface area (Å²) >= 11 is 0. The molecule has 0 radical (unpaired) electrons. The summed E-state index contributed by atoms with van der Waals surface area (Å²) in [5, 5.41) is 20.2. The summed E-state index contributed by atoms with van der Waals surface area (Å²) < 4.78 is 1.73. The summed E-state index contributed by atoms with van der Waals surface area (Å²) in [5.41, 5.74) is 2.79. The minimum atomic E-state index is -0.385. The van der Waals surface area contributed by atoms with Crippen LogP contribution in [0.4, 0.5) is 5.82 Å². The Hall–Kier alpha value is -3.66. The van der Waals surface area contributed by atoms with Crippen molar-refractivity contribution in [1.29, 1.82) is 0 Å². The first-order valence-corrected chi connectivity index (χ1v) is 11.0. The second-order valence-corrected chi connectivity index (χ2v) is 8.11. The van der Waals surface area contributed by atoms with Gasteiger partial charge in [0.1, 0.15) is 23.5 Å². The van der Waals surface area contributed by atoms with Crippen LogP contribution in [0.15, 0.2) is 36.8 Å². The summed E-state index contributed by atoms with van der Waals surface area (Å²) in [7, 11) is 0. The number of aliphatic hydroxyl groups is 1. The molecule has 3 aromatic heterocycles. The predicted octanol–water partition coefficient (Wildman–Crippen LogP) is 2.23. The number of aliphatic hydroxyl groups excluding tert-OH is 1. The Kier molecular flexibility index (Phi) is 6.74. The van der Waals surface area contributed by atoms with Gasteiger partial charge < -0.3 is 19.9 Å². The lowest BCUT2D eigenvalue weighted by Crippen LogP contribution is -2.36. The number of hydrogen-bond acceptors (Lipinski definition) is 7. The third kappa shape index (κ3) is 4.90. The van der Waals surface area contributed by atoms with Gasteiger partial charge in [-0.2, -0.15) is 0 Å². The largest absolute Gasteiger partial charge is 0.394 e. The Morgan fingerprint density at radius 3 is 2.91 bits per heavy atom. The lowest BCUT2D eigenvalue weighted by Gasteiger charge is -2.29. The topological polar surface area (TPSA) is 126 Å². The molecular formula is C23H27N7O3. The van der Waals surface area contributed by atoms with Crippen molar-refractivity contribution < 1.29 is 14.7 Å². The van der Waals surface area contributed by atoms with Gasteiger partial charge in [-0.1, -0.05) is 13.0 Å². The minimum Gasteiger partial charge on any atom is -0.394 e. The van der Waals surface area contributed by atoms with Crippen molar-refractivity contribution in [3.8, 4) is 11.5 Å². The number of amides is 2. The van der Waals surface area contributed by atoms with E-state index in [4.69, 9.17) is 0 Å². The van der Waals surface area contributed by atoms with Gasteiger partial charge in [-0.15, -0.1) is 10.2 Å². The Labute approximate surface area is 191 Å². The van der Waals surface area contributed by atoms with E-state index < -0.39 is 0 Å². The number of pyridine rings is 2. The number of rotatable bonds is 7. The molecule has 0 bridgehead atoms.